The first kappa shape index (κ1) is 12.0. The molecule has 1 aliphatic rings. The number of nitrogens with zero attached hydrogens (tertiary/aromatic N) is 1. The summed E-state index contributed by atoms with van der Waals surface area (Å²) in [6, 6.07) is 0.838. The van der Waals surface area contributed by atoms with Crippen molar-refractivity contribution in [1.82, 2.24) is 10.3 Å². The van der Waals surface area contributed by atoms with Crippen molar-refractivity contribution in [2.24, 2.45) is 5.92 Å². The molecule has 0 aromatic carbocycles. The average molecular weight is 240 g/mol. The van der Waals surface area contributed by atoms with Crippen LogP contribution in [-0.4, -0.2) is 24.2 Å². The lowest BCUT2D eigenvalue weighted by molar-refractivity contribution is 0.122. The number of ether oxygens (including phenoxy) is 1. The van der Waals surface area contributed by atoms with E-state index in [1.54, 1.807) is 11.3 Å². The third-order valence-corrected chi connectivity index (χ3v) is 3.71. The third-order valence-electron chi connectivity index (χ3n) is 2.85. The molecule has 2 rings (SSSR count). The zero-order chi connectivity index (χ0) is 11.4. The van der Waals surface area contributed by atoms with Gasteiger partial charge in [0.15, 0.2) is 0 Å². The van der Waals surface area contributed by atoms with Gasteiger partial charge in [-0.2, -0.15) is 0 Å². The zero-order valence-corrected chi connectivity index (χ0v) is 10.8. The highest BCUT2D eigenvalue weighted by Crippen LogP contribution is 2.41. The van der Waals surface area contributed by atoms with Gasteiger partial charge in [-0.15, -0.1) is 11.3 Å². The first-order chi connectivity index (χ1) is 7.81. The number of aromatic nitrogens is 1. The number of thiazole rings is 1. The van der Waals surface area contributed by atoms with Gasteiger partial charge < -0.3 is 10.1 Å². The smallest absolute Gasteiger partial charge is 0.110 e. The van der Waals surface area contributed by atoms with Crippen LogP contribution in [0.1, 0.15) is 37.7 Å². The Balaban J connectivity index is 1.88. The van der Waals surface area contributed by atoms with Crippen LogP contribution in [0.5, 0.6) is 0 Å². The molecule has 1 aromatic heterocycles. The highest BCUT2D eigenvalue weighted by atomic mass is 32.1. The van der Waals surface area contributed by atoms with E-state index in [9.17, 15) is 0 Å². The summed E-state index contributed by atoms with van der Waals surface area (Å²) >= 11 is 1.75. The summed E-state index contributed by atoms with van der Waals surface area (Å²) in [5.74, 6) is 0.787. The fraction of sp³-hybridized carbons (Fsp3) is 0.750. The summed E-state index contributed by atoms with van der Waals surface area (Å²) in [6.07, 6.45) is 4.56. The van der Waals surface area contributed by atoms with Crippen LogP contribution in [-0.2, 0) is 4.74 Å². The molecule has 0 bridgehead atoms. The van der Waals surface area contributed by atoms with Crippen LogP contribution >= 0.6 is 11.3 Å². The Labute approximate surface area is 101 Å². The van der Waals surface area contributed by atoms with Crippen molar-refractivity contribution in [3.05, 3.63) is 16.6 Å². The monoisotopic (exact) mass is 240 g/mol. The molecule has 1 N–H and O–H groups in total. The highest BCUT2D eigenvalue weighted by molar-refractivity contribution is 7.09. The minimum Gasteiger partial charge on any atom is -0.380 e. The molecule has 1 fully saturated rings. The predicted octanol–water partition coefficient (Wildman–Crippen LogP) is 2.61. The average Bonchev–Trinajstić information content (AvgIpc) is 2.98. The second-order valence-corrected chi connectivity index (χ2v) is 5.34. The van der Waals surface area contributed by atoms with Crippen molar-refractivity contribution in [2.45, 2.75) is 38.8 Å². The van der Waals surface area contributed by atoms with Gasteiger partial charge in [-0.1, -0.05) is 0 Å². The first-order valence-corrected chi connectivity index (χ1v) is 6.92. The molecule has 2 atom stereocenters. The van der Waals surface area contributed by atoms with Crippen molar-refractivity contribution in [3.63, 3.8) is 0 Å². The van der Waals surface area contributed by atoms with Crippen LogP contribution in [0.15, 0.2) is 11.6 Å². The number of rotatable bonds is 7. The molecule has 3 nitrogen and oxygen atoms in total. The maximum atomic E-state index is 5.43. The normalized spacial score (nSPS) is 19.6. The minimum atomic E-state index is 0.398. The lowest BCUT2D eigenvalue weighted by Gasteiger charge is -2.21. The summed E-state index contributed by atoms with van der Waals surface area (Å²) in [6.45, 7) is 5.78. The summed E-state index contributed by atoms with van der Waals surface area (Å²) in [4.78, 5) is 4.43. The molecule has 0 amide bonds. The Morgan fingerprint density at radius 3 is 3.00 bits per heavy atom. The van der Waals surface area contributed by atoms with Crippen molar-refractivity contribution >= 4 is 11.3 Å². The maximum absolute atomic E-state index is 5.43. The van der Waals surface area contributed by atoms with E-state index in [4.69, 9.17) is 4.74 Å². The van der Waals surface area contributed by atoms with Gasteiger partial charge >= 0.3 is 0 Å². The fourth-order valence-corrected chi connectivity index (χ4v) is 2.67. The van der Waals surface area contributed by atoms with E-state index >= 15 is 0 Å². The topological polar surface area (TPSA) is 34.1 Å². The standard InChI is InChI=1S/C12H20N2OS/c1-3-15-8-9(2)14-11(10-4-5-10)12-13-6-7-16-12/h6-7,9-11,14H,3-5,8H2,1-2H3. The van der Waals surface area contributed by atoms with Gasteiger partial charge in [0.05, 0.1) is 12.6 Å². The first-order valence-electron chi connectivity index (χ1n) is 6.04. The molecule has 1 aliphatic carbocycles. The maximum Gasteiger partial charge on any atom is 0.110 e. The summed E-state index contributed by atoms with van der Waals surface area (Å²) < 4.78 is 5.43. The molecular weight excluding hydrogens is 220 g/mol. The molecule has 2 unspecified atom stereocenters. The largest absolute Gasteiger partial charge is 0.380 e. The molecule has 16 heavy (non-hydrogen) atoms. The molecule has 0 aliphatic heterocycles. The molecule has 0 saturated heterocycles. The molecule has 1 saturated carbocycles. The molecule has 1 aromatic rings. The van der Waals surface area contributed by atoms with Crippen molar-refractivity contribution in [1.29, 1.82) is 0 Å². The summed E-state index contributed by atoms with van der Waals surface area (Å²) in [5.41, 5.74) is 0. The quantitative estimate of drug-likeness (QED) is 0.795. The summed E-state index contributed by atoms with van der Waals surface area (Å²) in [7, 11) is 0. The van der Waals surface area contributed by atoms with E-state index in [0.717, 1.165) is 19.1 Å². The van der Waals surface area contributed by atoms with Gasteiger partial charge in [-0.05, 0) is 32.6 Å². The van der Waals surface area contributed by atoms with Gasteiger partial charge in [0, 0.05) is 24.2 Å². The Morgan fingerprint density at radius 1 is 1.62 bits per heavy atom. The molecule has 90 valence electrons. The van der Waals surface area contributed by atoms with E-state index < -0.39 is 0 Å². The van der Waals surface area contributed by atoms with Crippen LogP contribution in [0.25, 0.3) is 0 Å². The predicted molar refractivity (Wildman–Crippen MR) is 66.7 cm³/mol. The van der Waals surface area contributed by atoms with Gasteiger partial charge in [-0.3, -0.25) is 0 Å². The second kappa shape index (κ2) is 5.75. The van der Waals surface area contributed by atoms with Crippen molar-refractivity contribution in [2.75, 3.05) is 13.2 Å². The van der Waals surface area contributed by atoms with Gasteiger partial charge in [-0.25, -0.2) is 4.98 Å². The van der Waals surface area contributed by atoms with Crippen LogP contribution in [0.4, 0.5) is 0 Å². The SMILES string of the molecule is CCOCC(C)NC(c1nccs1)C1CC1. The third kappa shape index (κ3) is 3.27. The fourth-order valence-electron chi connectivity index (χ4n) is 1.88. The lowest BCUT2D eigenvalue weighted by atomic mass is 10.1. The molecular formula is C12H20N2OS. The Bertz CT molecular complexity index is 298. The molecule has 0 radical (unpaired) electrons. The van der Waals surface area contributed by atoms with Gasteiger partial charge in [0.1, 0.15) is 5.01 Å². The van der Waals surface area contributed by atoms with Crippen LogP contribution in [0.2, 0.25) is 0 Å². The van der Waals surface area contributed by atoms with Crippen molar-refractivity contribution < 1.29 is 4.74 Å². The number of hydrogen-bond acceptors (Lipinski definition) is 4. The molecule has 0 spiro atoms. The van der Waals surface area contributed by atoms with E-state index in [0.29, 0.717) is 12.1 Å². The van der Waals surface area contributed by atoms with Crippen LogP contribution in [0, 0.1) is 5.92 Å². The number of hydrogen-bond donors (Lipinski definition) is 1. The Morgan fingerprint density at radius 2 is 2.44 bits per heavy atom. The molecule has 1 heterocycles. The van der Waals surface area contributed by atoms with E-state index in [1.807, 2.05) is 13.1 Å². The van der Waals surface area contributed by atoms with E-state index in [-0.39, 0.29) is 0 Å². The van der Waals surface area contributed by atoms with Crippen LogP contribution < -0.4 is 5.32 Å². The van der Waals surface area contributed by atoms with Gasteiger partial charge in [0.25, 0.3) is 0 Å². The Kier molecular flexibility index (Phi) is 4.32. The lowest BCUT2D eigenvalue weighted by Crippen LogP contribution is -2.35. The van der Waals surface area contributed by atoms with E-state index in [1.165, 1.54) is 17.8 Å². The van der Waals surface area contributed by atoms with Gasteiger partial charge in [0.2, 0.25) is 0 Å². The van der Waals surface area contributed by atoms with Crippen LogP contribution in [0.3, 0.4) is 0 Å². The second-order valence-electron chi connectivity index (χ2n) is 4.41. The van der Waals surface area contributed by atoms with E-state index in [2.05, 4.69) is 22.6 Å². The van der Waals surface area contributed by atoms with Crippen molar-refractivity contribution in [3.8, 4) is 0 Å². The summed E-state index contributed by atoms with van der Waals surface area (Å²) in [5, 5.41) is 6.92. The Hall–Kier alpha value is -0.450. The zero-order valence-electron chi connectivity index (χ0n) is 9.98. The minimum absolute atomic E-state index is 0.398. The highest BCUT2D eigenvalue weighted by Gasteiger charge is 2.34. The number of nitrogens with one attached hydrogen (secondary N) is 1. The molecule has 4 heteroatoms.